The first-order chi connectivity index (χ1) is 14.1. The summed E-state index contributed by atoms with van der Waals surface area (Å²) in [5.41, 5.74) is -0.320. The molecule has 0 bridgehead atoms. The Morgan fingerprint density at radius 2 is 1.87 bits per heavy atom. The highest BCUT2D eigenvalue weighted by Crippen LogP contribution is 2.35. The van der Waals surface area contributed by atoms with E-state index in [1.54, 1.807) is 19.2 Å². The molecule has 9 heteroatoms. The van der Waals surface area contributed by atoms with Gasteiger partial charge >= 0.3 is 6.18 Å². The molecule has 1 aliphatic rings. The average Bonchev–Trinajstić information content (AvgIpc) is 3.48. The minimum atomic E-state index is -4.48. The third-order valence-corrected chi connectivity index (χ3v) is 5.62. The molecule has 0 aliphatic heterocycles. The third kappa shape index (κ3) is 4.16. The molecular weight excluding hydrogens is 465 g/mol. The molecule has 0 unspecified atom stereocenters. The van der Waals surface area contributed by atoms with E-state index in [0.29, 0.717) is 15.7 Å². The lowest BCUT2D eigenvalue weighted by Gasteiger charge is -2.15. The smallest absolute Gasteiger partial charge is 0.416 e. The summed E-state index contributed by atoms with van der Waals surface area (Å²) in [4.78, 5) is 25.1. The van der Waals surface area contributed by atoms with Crippen molar-refractivity contribution in [3.05, 3.63) is 78.5 Å². The first-order valence-corrected chi connectivity index (χ1v) is 10.2. The zero-order chi connectivity index (χ0) is 21.6. The number of aromatic nitrogens is 2. The Bertz CT molecular complexity index is 1240. The van der Waals surface area contributed by atoms with Crippen LogP contribution in [0.1, 0.15) is 29.7 Å². The van der Waals surface area contributed by atoms with Crippen molar-refractivity contribution >= 4 is 21.4 Å². The zero-order valence-corrected chi connectivity index (χ0v) is 17.6. The molecule has 0 spiro atoms. The highest BCUT2D eigenvalue weighted by Gasteiger charge is 2.32. The van der Waals surface area contributed by atoms with Crippen LogP contribution in [0.3, 0.4) is 0 Å². The van der Waals surface area contributed by atoms with Crippen LogP contribution < -0.4 is 15.9 Å². The number of aryl methyl sites for hydroxylation is 2. The van der Waals surface area contributed by atoms with E-state index in [2.05, 4.69) is 15.9 Å². The Kier molecular flexibility index (Phi) is 5.25. The van der Waals surface area contributed by atoms with Crippen LogP contribution in [0.15, 0.2) is 50.6 Å². The molecule has 0 amide bonds. The van der Waals surface area contributed by atoms with Gasteiger partial charge in [0.05, 0.1) is 16.1 Å². The van der Waals surface area contributed by atoms with Gasteiger partial charge in [0.2, 0.25) is 0 Å². The Morgan fingerprint density at radius 3 is 2.53 bits per heavy atom. The lowest BCUT2D eigenvalue weighted by molar-refractivity contribution is -0.137. The Labute approximate surface area is 177 Å². The molecule has 1 aliphatic carbocycles. The van der Waals surface area contributed by atoms with Crippen molar-refractivity contribution in [2.45, 2.75) is 45.0 Å². The second-order valence-electron chi connectivity index (χ2n) is 7.40. The van der Waals surface area contributed by atoms with Gasteiger partial charge in [0.25, 0.3) is 11.1 Å². The van der Waals surface area contributed by atoms with Crippen molar-refractivity contribution in [1.82, 2.24) is 8.97 Å². The summed E-state index contributed by atoms with van der Waals surface area (Å²) >= 11 is 3.15. The van der Waals surface area contributed by atoms with Gasteiger partial charge in [-0.2, -0.15) is 13.2 Å². The van der Waals surface area contributed by atoms with Gasteiger partial charge in [0.15, 0.2) is 0 Å². The predicted octanol–water partition coefficient (Wildman–Crippen LogP) is 4.33. The Hall–Kier alpha value is -2.55. The summed E-state index contributed by atoms with van der Waals surface area (Å²) in [6.45, 7) is 1.86. The molecule has 2 aromatic heterocycles. The SMILES string of the molecule is Cc1cn2c(=O)c(Br)ccc2c(=O)n1CCc1cc(OC2CC2)cc(C(F)(F)F)c1. The fourth-order valence-electron chi connectivity index (χ4n) is 3.32. The van der Waals surface area contributed by atoms with Gasteiger partial charge in [-0.25, -0.2) is 0 Å². The molecule has 3 aromatic rings. The number of fused-ring (bicyclic) bond motifs is 1. The maximum Gasteiger partial charge on any atom is 0.416 e. The van der Waals surface area contributed by atoms with Crippen LogP contribution in [-0.2, 0) is 19.1 Å². The van der Waals surface area contributed by atoms with E-state index < -0.39 is 11.7 Å². The Morgan fingerprint density at radius 1 is 1.13 bits per heavy atom. The number of ether oxygens (including phenoxy) is 1. The van der Waals surface area contributed by atoms with Gasteiger partial charge in [-0.3, -0.25) is 14.0 Å². The molecule has 5 nitrogen and oxygen atoms in total. The highest BCUT2D eigenvalue weighted by atomic mass is 79.9. The van der Waals surface area contributed by atoms with E-state index in [0.717, 1.165) is 25.0 Å². The molecule has 0 radical (unpaired) electrons. The fourth-order valence-corrected chi connectivity index (χ4v) is 3.64. The topological polar surface area (TPSA) is 52.7 Å². The van der Waals surface area contributed by atoms with Crippen molar-refractivity contribution in [2.24, 2.45) is 0 Å². The number of rotatable bonds is 5. The molecule has 1 fully saturated rings. The molecule has 1 aromatic carbocycles. The highest BCUT2D eigenvalue weighted by molar-refractivity contribution is 9.10. The quantitative estimate of drug-likeness (QED) is 0.543. The lowest BCUT2D eigenvalue weighted by atomic mass is 10.1. The predicted molar refractivity (Wildman–Crippen MR) is 109 cm³/mol. The van der Waals surface area contributed by atoms with Crippen LogP contribution in [0, 0.1) is 6.92 Å². The van der Waals surface area contributed by atoms with Crippen LogP contribution in [0.2, 0.25) is 0 Å². The summed E-state index contributed by atoms with van der Waals surface area (Å²) in [5, 5.41) is 0. The van der Waals surface area contributed by atoms with Gasteiger partial charge in [-0.05, 0) is 78.0 Å². The van der Waals surface area contributed by atoms with E-state index in [9.17, 15) is 22.8 Å². The van der Waals surface area contributed by atoms with Crippen molar-refractivity contribution in [1.29, 1.82) is 0 Å². The second-order valence-corrected chi connectivity index (χ2v) is 8.25. The number of alkyl halides is 3. The molecule has 0 N–H and O–H groups in total. The van der Waals surface area contributed by atoms with E-state index in [1.165, 1.54) is 21.1 Å². The van der Waals surface area contributed by atoms with Crippen LogP contribution in [0.4, 0.5) is 13.2 Å². The molecule has 30 heavy (non-hydrogen) atoms. The van der Waals surface area contributed by atoms with Crippen LogP contribution in [-0.4, -0.2) is 15.1 Å². The lowest BCUT2D eigenvalue weighted by Crippen LogP contribution is -2.29. The number of halogens is 4. The number of benzene rings is 1. The molecular formula is C21H18BrF3N2O3. The number of hydrogen-bond acceptors (Lipinski definition) is 3. The summed E-state index contributed by atoms with van der Waals surface area (Å²) in [6.07, 6.45) is -1.06. The van der Waals surface area contributed by atoms with E-state index in [4.69, 9.17) is 4.74 Å². The molecule has 1 saturated carbocycles. The van der Waals surface area contributed by atoms with E-state index in [1.807, 2.05) is 0 Å². The van der Waals surface area contributed by atoms with Crippen molar-refractivity contribution in [2.75, 3.05) is 0 Å². The van der Waals surface area contributed by atoms with Crippen LogP contribution in [0.5, 0.6) is 5.75 Å². The van der Waals surface area contributed by atoms with Crippen LogP contribution in [0.25, 0.3) is 5.52 Å². The molecule has 0 atom stereocenters. The van der Waals surface area contributed by atoms with Gasteiger partial charge in [0.1, 0.15) is 11.3 Å². The number of pyridine rings is 1. The van der Waals surface area contributed by atoms with E-state index >= 15 is 0 Å². The largest absolute Gasteiger partial charge is 0.490 e. The normalized spacial score (nSPS) is 14.3. The second kappa shape index (κ2) is 7.61. The maximum absolute atomic E-state index is 13.3. The molecule has 2 heterocycles. The van der Waals surface area contributed by atoms with Crippen LogP contribution >= 0.6 is 15.9 Å². The standard InChI is InChI=1S/C21H18BrF3N2O3/c1-12-11-27-18(5-4-17(22)19(27)28)20(29)26(12)7-6-13-8-14(21(23,24)25)10-16(9-13)30-15-2-3-15/h4-5,8-11,15H,2-3,6-7H2,1H3. The fraction of sp³-hybridized carbons (Fsp3) is 0.333. The van der Waals surface area contributed by atoms with Gasteiger partial charge in [-0.15, -0.1) is 0 Å². The monoisotopic (exact) mass is 482 g/mol. The average molecular weight is 483 g/mol. The van der Waals surface area contributed by atoms with Crippen molar-refractivity contribution < 1.29 is 17.9 Å². The number of nitrogens with zero attached hydrogens (tertiary/aromatic N) is 2. The summed E-state index contributed by atoms with van der Waals surface area (Å²) in [6, 6.07) is 6.74. The molecule has 158 valence electrons. The van der Waals surface area contributed by atoms with Gasteiger partial charge < -0.3 is 9.30 Å². The van der Waals surface area contributed by atoms with E-state index in [-0.39, 0.29) is 41.5 Å². The maximum atomic E-state index is 13.3. The van der Waals surface area contributed by atoms with Crippen molar-refractivity contribution in [3.8, 4) is 5.75 Å². The number of hydrogen-bond donors (Lipinski definition) is 0. The summed E-state index contributed by atoms with van der Waals surface area (Å²) in [7, 11) is 0. The van der Waals surface area contributed by atoms with Crippen molar-refractivity contribution in [3.63, 3.8) is 0 Å². The molecule has 0 saturated heterocycles. The summed E-state index contributed by atoms with van der Waals surface area (Å²) in [5.74, 6) is 0.196. The molecule has 4 rings (SSSR count). The minimum Gasteiger partial charge on any atom is -0.490 e. The van der Waals surface area contributed by atoms with Gasteiger partial charge in [0, 0.05) is 18.4 Å². The third-order valence-electron chi connectivity index (χ3n) is 5.02. The first-order valence-electron chi connectivity index (χ1n) is 9.42. The minimum absolute atomic E-state index is 0.0238. The first kappa shape index (κ1) is 20.7. The summed E-state index contributed by atoms with van der Waals surface area (Å²) < 4.78 is 48.5. The Balaban J connectivity index is 1.67. The zero-order valence-electron chi connectivity index (χ0n) is 16.0. The van der Waals surface area contributed by atoms with Gasteiger partial charge in [-0.1, -0.05) is 0 Å².